The maximum Gasteiger partial charge on any atom is 0.239 e. The summed E-state index contributed by atoms with van der Waals surface area (Å²) in [5, 5.41) is 0. The predicted octanol–water partition coefficient (Wildman–Crippen LogP) is 6.45. The Bertz CT molecular complexity index is 546. The lowest BCUT2D eigenvalue weighted by atomic mass is 9.43. The number of benzene rings is 1. The Labute approximate surface area is 139 Å². The van der Waals surface area contributed by atoms with Gasteiger partial charge in [0.25, 0.3) is 0 Å². The summed E-state index contributed by atoms with van der Waals surface area (Å²) in [4.78, 5) is 0. The first kappa shape index (κ1) is 16.9. The Morgan fingerprint density at radius 3 is 2.30 bits per heavy atom. The van der Waals surface area contributed by atoms with Crippen LogP contribution in [-0.4, -0.2) is 6.43 Å². The zero-order chi connectivity index (χ0) is 16.9. The SMILES string of the molecule is CC1CC2(c3ccccc3)CC(CC(C)(C)C2)C1(C)CC(F)F. The molecule has 0 saturated heterocycles. The Balaban J connectivity index is 2.02. The molecule has 23 heavy (non-hydrogen) atoms. The summed E-state index contributed by atoms with van der Waals surface area (Å²) in [7, 11) is 0. The van der Waals surface area contributed by atoms with Crippen LogP contribution in [0.4, 0.5) is 8.78 Å². The van der Waals surface area contributed by atoms with Gasteiger partial charge < -0.3 is 0 Å². The van der Waals surface area contributed by atoms with E-state index in [1.54, 1.807) is 0 Å². The van der Waals surface area contributed by atoms with E-state index in [-0.39, 0.29) is 22.7 Å². The Morgan fingerprint density at radius 2 is 1.70 bits per heavy atom. The zero-order valence-corrected chi connectivity index (χ0v) is 14.9. The van der Waals surface area contributed by atoms with Gasteiger partial charge in [0.15, 0.2) is 0 Å². The van der Waals surface area contributed by atoms with Crippen LogP contribution in [0.15, 0.2) is 30.3 Å². The first-order chi connectivity index (χ1) is 10.7. The molecule has 4 unspecified atom stereocenters. The molecule has 0 aromatic heterocycles. The molecule has 128 valence electrons. The van der Waals surface area contributed by atoms with Crippen LogP contribution in [0.3, 0.4) is 0 Å². The van der Waals surface area contributed by atoms with Crippen molar-refractivity contribution >= 4 is 0 Å². The zero-order valence-electron chi connectivity index (χ0n) is 14.9. The summed E-state index contributed by atoms with van der Waals surface area (Å²) < 4.78 is 26.5. The molecular formula is C21H30F2. The lowest BCUT2D eigenvalue weighted by Gasteiger charge is -2.61. The Morgan fingerprint density at radius 1 is 1.04 bits per heavy atom. The van der Waals surface area contributed by atoms with Crippen molar-refractivity contribution in [2.24, 2.45) is 22.7 Å². The van der Waals surface area contributed by atoms with Crippen molar-refractivity contribution in [3.63, 3.8) is 0 Å². The quantitative estimate of drug-likeness (QED) is 0.600. The largest absolute Gasteiger partial charge is 0.239 e. The highest BCUT2D eigenvalue weighted by atomic mass is 19.3. The number of hydrogen-bond acceptors (Lipinski definition) is 0. The lowest BCUT2D eigenvalue weighted by Crippen LogP contribution is -2.54. The van der Waals surface area contributed by atoms with Gasteiger partial charge in [0.05, 0.1) is 0 Å². The third-order valence-electron chi connectivity index (χ3n) is 6.99. The molecule has 1 aromatic rings. The van der Waals surface area contributed by atoms with Crippen molar-refractivity contribution in [2.45, 2.75) is 71.6 Å². The van der Waals surface area contributed by atoms with E-state index in [1.165, 1.54) is 12.0 Å². The van der Waals surface area contributed by atoms with E-state index in [9.17, 15) is 8.78 Å². The molecule has 2 aliphatic carbocycles. The molecular weight excluding hydrogens is 290 g/mol. The van der Waals surface area contributed by atoms with Crippen LogP contribution in [0.2, 0.25) is 0 Å². The Kier molecular flexibility index (Phi) is 4.09. The van der Waals surface area contributed by atoms with Crippen LogP contribution in [0.1, 0.15) is 65.4 Å². The maximum absolute atomic E-state index is 13.3. The second-order valence-corrected chi connectivity index (χ2v) is 9.30. The number of halogens is 2. The molecule has 2 heteroatoms. The molecule has 2 fully saturated rings. The highest BCUT2D eigenvalue weighted by Gasteiger charge is 2.57. The van der Waals surface area contributed by atoms with E-state index < -0.39 is 6.43 Å². The van der Waals surface area contributed by atoms with Gasteiger partial charge >= 0.3 is 0 Å². The number of alkyl halides is 2. The predicted molar refractivity (Wildman–Crippen MR) is 91.8 cm³/mol. The summed E-state index contributed by atoms with van der Waals surface area (Å²) in [6, 6.07) is 10.8. The van der Waals surface area contributed by atoms with Crippen molar-refractivity contribution in [3.8, 4) is 0 Å². The smallest absolute Gasteiger partial charge is 0.211 e. The van der Waals surface area contributed by atoms with Crippen LogP contribution in [0, 0.1) is 22.7 Å². The minimum Gasteiger partial charge on any atom is -0.211 e. The van der Waals surface area contributed by atoms with Gasteiger partial charge in [-0.25, -0.2) is 8.78 Å². The van der Waals surface area contributed by atoms with Crippen molar-refractivity contribution in [1.82, 2.24) is 0 Å². The summed E-state index contributed by atoms with van der Waals surface area (Å²) in [6.45, 7) is 9.00. The van der Waals surface area contributed by atoms with Crippen molar-refractivity contribution < 1.29 is 8.78 Å². The van der Waals surface area contributed by atoms with Crippen molar-refractivity contribution in [3.05, 3.63) is 35.9 Å². The minimum absolute atomic E-state index is 0.0553. The Hall–Kier alpha value is -0.920. The van der Waals surface area contributed by atoms with E-state index in [0.29, 0.717) is 11.8 Å². The van der Waals surface area contributed by atoms with Crippen LogP contribution in [-0.2, 0) is 5.41 Å². The average Bonchev–Trinajstić information content (AvgIpc) is 2.44. The minimum atomic E-state index is -2.20. The van der Waals surface area contributed by atoms with E-state index in [4.69, 9.17) is 0 Å². The van der Waals surface area contributed by atoms with Crippen molar-refractivity contribution in [1.29, 1.82) is 0 Å². The van der Waals surface area contributed by atoms with Crippen LogP contribution in [0.5, 0.6) is 0 Å². The fraction of sp³-hybridized carbons (Fsp3) is 0.714. The summed E-state index contributed by atoms with van der Waals surface area (Å²) in [5.74, 6) is 0.732. The molecule has 0 spiro atoms. The topological polar surface area (TPSA) is 0 Å². The number of fused-ring (bicyclic) bond motifs is 2. The molecule has 0 aliphatic heterocycles. The number of rotatable bonds is 3. The van der Waals surface area contributed by atoms with Crippen molar-refractivity contribution in [2.75, 3.05) is 0 Å². The molecule has 2 saturated carbocycles. The van der Waals surface area contributed by atoms with Crippen LogP contribution < -0.4 is 0 Å². The lowest BCUT2D eigenvalue weighted by molar-refractivity contribution is -0.0948. The van der Waals surface area contributed by atoms with Gasteiger partial charge in [-0.05, 0) is 59.3 Å². The fourth-order valence-electron chi connectivity index (χ4n) is 5.94. The molecule has 0 amide bonds. The fourth-order valence-corrected chi connectivity index (χ4v) is 5.94. The molecule has 0 radical (unpaired) electrons. The molecule has 0 heterocycles. The molecule has 0 N–H and O–H groups in total. The van der Waals surface area contributed by atoms with Crippen LogP contribution >= 0.6 is 0 Å². The van der Waals surface area contributed by atoms with E-state index in [0.717, 1.165) is 19.3 Å². The average molecular weight is 320 g/mol. The third kappa shape index (κ3) is 2.94. The summed E-state index contributed by atoms with van der Waals surface area (Å²) >= 11 is 0. The summed E-state index contributed by atoms with van der Waals surface area (Å²) in [5.41, 5.74) is 1.59. The van der Waals surface area contributed by atoms with E-state index in [1.807, 2.05) is 0 Å². The molecule has 1 aromatic carbocycles. The van der Waals surface area contributed by atoms with E-state index in [2.05, 4.69) is 58.0 Å². The molecule has 0 nitrogen and oxygen atoms in total. The normalized spacial score (nSPS) is 39.4. The van der Waals surface area contributed by atoms with Gasteiger partial charge in [-0.1, -0.05) is 58.0 Å². The van der Waals surface area contributed by atoms with Gasteiger partial charge in [0.2, 0.25) is 6.43 Å². The second kappa shape index (κ2) is 5.57. The first-order valence-electron chi connectivity index (χ1n) is 9.01. The maximum atomic E-state index is 13.3. The first-order valence-corrected chi connectivity index (χ1v) is 9.01. The second-order valence-electron chi connectivity index (χ2n) is 9.30. The van der Waals surface area contributed by atoms with Gasteiger partial charge in [-0.15, -0.1) is 0 Å². The van der Waals surface area contributed by atoms with Gasteiger partial charge in [0, 0.05) is 6.42 Å². The number of hydrogen-bond donors (Lipinski definition) is 0. The van der Waals surface area contributed by atoms with E-state index >= 15 is 0 Å². The highest BCUT2D eigenvalue weighted by molar-refractivity contribution is 5.29. The van der Waals surface area contributed by atoms with Gasteiger partial charge in [-0.3, -0.25) is 0 Å². The third-order valence-corrected chi connectivity index (χ3v) is 6.99. The van der Waals surface area contributed by atoms with Crippen LogP contribution in [0.25, 0.3) is 0 Å². The standard InChI is InChI=1S/C21H30F2/c1-15-10-21(16-8-6-5-7-9-16)12-17(11-19(2,3)14-21)20(15,4)13-18(22)23/h5-9,15,17-18H,10-14H2,1-4H3. The van der Waals surface area contributed by atoms with Gasteiger partial charge in [-0.2, -0.15) is 0 Å². The highest BCUT2D eigenvalue weighted by Crippen LogP contribution is 2.64. The summed E-state index contributed by atoms with van der Waals surface area (Å²) in [6.07, 6.45) is 2.23. The molecule has 4 atom stereocenters. The molecule has 3 rings (SSSR count). The monoisotopic (exact) mass is 320 g/mol. The van der Waals surface area contributed by atoms with Gasteiger partial charge in [0.1, 0.15) is 0 Å². The molecule has 2 bridgehead atoms. The molecule has 2 aliphatic rings.